The third-order valence-corrected chi connectivity index (χ3v) is 5.96. The Morgan fingerprint density at radius 3 is 2.44 bits per heavy atom. The molecule has 0 aromatic carbocycles. The first kappa shape index (κ1) is 21.9. The fourth-order valence-corrected chi connectivity index (χ4v) is 4.04. The lowest BCUT2D eigenvalue weighted by molar-refractivity contribution is -0.117. The quantitative estimate of drug-likeness (QED) is 0.450. The Bertz CT molecular complexity index is 607. The van der Waals surface area contributed by atoms with Crippen LogP contribution in [0.25, 0.3) is 0 Å². The largest absolute Gasteiger partial charge is 0.355 e. The lowest BCUT2D eigenvalue weighted by Crippen LogP contribution is -2.58. The average molecular weight is 396 g/mol. The van der Waals surface area contributed by atoms with Gasteiger partial charge in [0.25, 0.3) is 0 Å². The number of nitrogens with zero attached hydrogens (tertiary/aromatic N) is 4. The van der Waals surface area contributed by atoms with E-state index in [1.54, 1.807) is 20.2 Å². The van der Waals surface area contributed by atoms with Crippen molar-refractivity contribution in [3.8, 4) is 0 Å². The van der Waals surface area contributed by atoms with E-state index >= 15 is 0 Å². The van der Waals surface area contributed by atoms with Gasteiger partial charge in [-0.15, -0.1) is 0 Å². The van der Waals surface area contributed by atoms with E-state index in [0.29, 0.717) is 22.7 Å². The Hall–Kier alpha value is -1.37. The minimum absolute atomic E-state index is 0.129. The molecule has 1 unspecified atom stereocenters. The molecular weight excluding hydrogens is 362 g/mol. The zero-order chi connectivity index (χ0) is 20.0. The summed E-state index contributed by atoms with van der Waals surface area (Å²) in [5, 5.41) is 3.24. The fourth-order valence-electron chi connectivity index (χ4n) is 3.87. The topological polar surface area (TPSA) is 51.2 Å². The highest BCUT2D eigenvalue weighted by atomic mass is 35.5. The molecule has 27 heavy (non-hydrogen) atoms. The summed E-state index contributed by atoms with van der Waals surface area (Å²) in [7, 11) is 3.82. The van der Waals surface area contributed by atoms with E-state index in [0.717, 1.165) is 25.5 Å². The molecular formula is C20H34ClN5O. The van der Waals surface area contributed by atoms with Crippen LogP contribution in [0.2, 0.25) is 0 Å². The Morgan fingerprint density at radius 2 is 1.89 bits per heavy atom. The van der Waals surface area contributed by atoms with Crippen LogP contribution in [0, 0.1) is 0 Å². The van der Waals surface area contributed by atoms with Gasteiger partial charge in [-0.3, -0.25) is 9.69 Å². The lowest BCUT2D eigenvalue weighted by atomic mass is 10.00. The average Bonchev–Trinajstić information content (AvgIpc) is 2.68. The molecule has 2 heterocycles. The van der Waals surface area contributed by atoms with Crippen LogP contribution < -0.4 is 5.32 Å². The molecule has 1 N–H and O–H groups in total. The van der Waals surface area contributed by atoms with Crippen LogP contribution in [-0.2, 0) is 4.79 Å². The van der Waals surface area contributed by atoms with Crippen molar-refractivity contribution >= 4 is 23.3 Å². The van der Waals surface area contributed by atoms with Crippen LogP contribution in [-0.4, -0.2) is 85.3 Å². The number of aliphatic imine (C=N–C) groups is 1. The van der Waals surface area contributed by atoms with Crippen molar-refractivity contribution in [2.75, 3.05) is 46.8 Å². The number of nitrogens with one attached hydrogen (secondary N) is 1. The van der Waals surface area contributed by atoms with Crippen molar-refractivity contribution in [1.82, 2.24) is 20.0 Å². The van der Waals surface area contributed by atoms with Gasteiger partial charge in [0.05, 0.1) is 5.03 Å². The highest BCUT2D eigenvalue weighted by Crippen LogP contribution is 2.23. The summed E-state index contributed by atoms with van der Waals surface area (Å²) in [6.45, 7) is 11.1. The maximum atomic E-state index is 11.7. The number of rotatable bonds is 4. The van der Waals surface area contributed by atoms with Gasteiger partial charge in [0.2, 0.25) is 5.91 Å². The van der Waals surface area contributed by atoms with E-state index in [2.05, 4.69) is 39.0 Å². The smallest absolute Gasteiger partial charge is 0.248 e. The van der Waals surface area contributed by atoms with E-state index in [1.165, 1.54) is 25.9 Å². The third kappa shape index (κ3) is 5.80. The summed E-state index contributed by atoms with van der Waals surface area (Å²) in [6.07, 6.45) is 5.95. The predicted octanol–water partition coefficient (Wildman–Crippen LogP) is 2.28. The minimum Gasteiger partial charge on any atom is -0.355 e. The lowest BCUT2D eigenvalue weighted by Gasteiger charge is -2.46. The molecule has 152 valence electrons. The van der Waals surface area contributed by atoms with E-state index in [9.17, 15) is 4.79 Å². The number of piperidine rings is 1. The van der Waals surface area contributed by atoms with Gasteiger partial charge >= 0.3 is 0 Å². The molecule has 1 atom stereocenters. The van der Waals surface area contributed by atoms with Gasteiger partial charge in [0.15, 0.2) is 0 Å². The summed E-state index contributed by atoms with van der Waals surface area (Å²) in [5.74, 6) is 0.618. The molecule has 2 rings (SSSR count). The van der Waals surface area contributed by atoms with Crippen molar-refractivity contribution in [2.45, 2.75) is 45.7 Å². The maximum absolute atomic E-state index is 11.7. The summed E-state index contributed by atoms with van der Waals surface area (Å²) in [6, 6.07) is 1.12. The normalized spacial score (nSPS) is 25.0. The molecule has 0 spiro atoms. The molecule has 2 aliphatic heterocycles. The number of likely N-dealkylation sites (N-methyl/N-ethyl adjacent to an activating group) is 1. The number of allylic oxidation sites excluding steroid dienone is 1. The molecule has 6 nitrogen and oxygen atoms in total. The van der Waals surface area contributed by atoms with Crippen molar-refractivity contribution in [2.24, 2.45) is 4.99 Å². The predicted molar refractivity (Wildman–Crippen MR) is 113 cm³/mol. The van der Waals surface area contributed by atoms with Gasteiger partial charge in [0.1, 0.15) is 5.84 Å². The molecule has 2 aliphatic rings. The zero-order valence-electron chi connectivity index (χ0n) is 17.3. The monoisotopic (exact) mass is 395 g/mol. The van der Waals surface area contributed by atoms with Crippen LogP contribution in [0.5, 0.6) is 0 Å². The molecule has 1 amide bonds. The van der Waals surface area contributed by atoms with Gasteiger partial charge in [-0.05, 0) is 53.8 Å². The molecule has 0 aromatic rings. The van der Waals surface area contributed by atoms with E-state index in [4.69, 9.17) is 11.6 Å². The number of likely N-dealkylation sites (tertiary alicyclic amines) is 1. The molecule has 0 aromatic heterocycles. The van der Waals surface area contributed by atoms with Crippen LogP contribution in [0.3, 0.4) is 0 Å². The number of hydrogen-bond acceptors (Lipinski definition) is 4. The Balaban J connectivity index is 2.09. The number of amides is 1. The second-order valence-electron chi connectivity index (χ2n) is 7.55. The number of piperazine rings is 1. The maximum Gasteiger partial charge on any atom is 0.248 e. The van der Waals surface area contributed by atoms with E-state index < -0.39 is 0 Å². The number of halogens is 1. The van der Waals surface area contributed by atoms with Crippen LogP contribution >= 0.6 is 11.6 Å². The molecule has 0 saturated carbocycles. The minimum atomic E-state index is -0.129. The van der Waals surface area contributed by atoms with Gasteiger partial charge in [0, 0.05) is 50.5 Å². The SMILES string of the molecule is C\C=C(Cl)/C(=N\C=C(/C)C(=O)NC)N1CCN(C2CCN(C)CC2)C(C)C1. The van der Waals surface area contributed by atoms with Gasteiger partial charge in [-0.2, -0.15) is 0 Å². The molecule has 0 aliphatic carbocycles. The highest BCUT2D eigenvalue weighted by Gasteiger charge is 2.32. The summed E-state index contributed by atoms with van der Waals surface area (Å²) < 4.78 is 0. The highest BCUT2D eigenvalue weighted by molar-refractivity contribution is 6.43. The molecule has 7 heteroatoms. The molecule has 2 fully saturated rings. The summed E-state index contributed by atoms with van der Waals surface area (Å²) in [5.41, 5.74) is 0.563. The second kappa shape index (κ2) is 10.2. The molecule has 0 radical (unpaired) electrons. The molecule has 0 bridgehead atoms. The Labute approximate surface area is 168 Å². The Kier molecular flexibility index (Phi) is 8.32. The van der Waals surface area contributed by atoms with E-state index in [-0.39, 0.29) is 5.91 Å². The fraction of sp³-hybridized carbons (Fsp3) is 0.700. The van der Waals surface area contributed by atoms with Gasteiger partial charge < -0.3 is 15.1 Å². The van der Waals surface area contributed by atoms with Crippen LogP contribution in [0.1, 0.15) is 33.6 Å². The van der Waals surface area contributed by atoms with E-state index in [1.807, 2.05) is 13.0 Å². The zero-order valence-corrected chi connectivity index (χ0v) is 18.1. The van der Waals surface area contributed by atoms with Crippen molar-refractivity contribution in [3.63, 3.8) is 0 Å². The number of carbonyl (C=O) groups excluding carboxylic acids is 1. The first-order valence-electron chi connectivity index (χ1n) is 9.85. The van der Waals surface area contributed by atoms with Crippen LogP contribution in [0.15, 0.2) is 27.9 Å². The Morgan fingerprint density at radius 1 is 1.22 bits per heavy atom. The first-order valence-corrected chi connectivity index (χ1v) is 10.2. The summed E-state index contributed by atoms with van der Waals surface area (Å²) >= 11 is 6.45. The van der Waals surface area contributed by atoms with Crippen molar-refractivity contribution in [1.29, 1.82) is 0 Å². The van der Waals surface area contributed by atoms with Crippen molar-refractivity contribution < 1.29 is 4.79 Å². The van der Waals surface area contributed by atoms with Crippen LogP contribution in [0.4, 0.5) is 0 Å². The van der Waals surface area contributed by atoms with Gasteiger partial charge in [-0.25, -0.2) is 4.99 Å². The second-order valence-corrected chi connectivity index (χ2v) is 7.96. The standard InChI is InChI=1S/C20H34ClN5O/c1-6-18(21)19(23-13-15(2)20(27)22-4)25-11-12-26(16(3)14-25)17-7-9-24(5)10-8-17/h6,13,16-17H,7-12,14H2,1-5H3,(H,22,27)/b15-13+,18-6+,23-19+. The first-order chi connectivity index (χ1) is 12.9. The number of carbonyl (C=O) groups is 1. The molecule has 2 saturated heterocycles. The number of hydrogen-bond donors (Lipinski definition) is 1. The third-order valence-electron chi connectivity index (χ3n) is 5.57. The van der Waals surface area contributed by atoms with Crippen molar-refractivity contribution in [3.05, 3.63) is 22.9 Å². The summed E-state index contributed by atoms with van der Waals surface area (Å²) in [4.78, 5) is 23.6. The number of amidine groups is 1. The van der Waals surface area contributed by atoms with Gasteiger partial charge in [-0.1, -0.05) is 17.7 Å².